The minimum atomic E-state index is -0.396. The second kappa shape index (κ2) is 5.90. The van der Waals surface area contributed by atoms with Crippen LogP contribution in [0, 0.1) is 6.92 Å². The van der Waals surface area contributed by atoms with Crippen molar-refractivity contribution < 1.29 is 9.82 Å². The summed E-state index contributed by atoms with van der Waals surface area (Å²) < 4.78 is 0. The Labute approximate surface area is 132 Å². The molecule has 3 rings (SSSR count). The first-order chi connectivity index (χ1) is 10.5. The lowest BCUT2D eigenvalue weighted by Gasteiger charge is -2.30. The van der Waals surface area contributed by atoms with Crippen LogP contribution in [0.15, 0.2) is 18.2 Å². The third kappa shape index (κ3) is 2.71. The lowest BCUT2D eigenvalue weighted by atomic mass is 9.82. The molecule has 0 fully saturated rings. The maximum Gasteiger partial charge on any atom is 0.376 e. The molecule has 0 saturated carbocycles. The van der Waals surface area contributed by atoms with E-state index < -0.39 is 7.05 Å². The topological polar surface area (TPSA) is 43.8 Å². The molecule has 1 aromatic rings. The Kier molecular flexibility index (Phi) is 4.11. The van der Waals surface area contributed by atoms with Gasteiger partial charge in [0.2, 0.25) is 5.91 Å². The zero-order valence-electron chi connectivity index (χ0n) is 13.6. The third-order valence-corrected chi connectivity index (χ3v) is 4.91. The second-order valence-corrected chi connectivity index (χ2v) is 6.35. The van der Waals surface area contributed by atoms with E-state index in [1.165, 1.54) is 22.3 Å². The molecule has 1 aromatic carbocycles. The highest BCUT2D eigenvalue weighted by Gasteiger charge is 2.24. The zero-order chi connectivity index (χ0) is 15.9. The summed E-state index contributed by atoms with van der Waals surface area (Å²) in [6.45, 7) is 5.59. The summed E-state index contributed by atoms with van der Waals surface area (Å²) >= 11 is 0. The van der Waals surface area contributed by atoms with E-state index in [1.54, 1.807) is 4.90 Å². The number of carbonyl (C=O) groups is 1. The molecular formula is C17H23BN2O2. The standard InChI is InChI=1S/C17H23BN2O2/c1-12-10-14(13-6-8-20(9-7-13)18(2)22)11-16-15(12)4-5-17(21)19(16)3/h6,10-11,22H,4-5,7-9H2,1-3H3. The van der Waals surface area contributed by atoms with Gasteiger partial charge in [-0.25, -0.2) is 0 Å². The number of hydrogen-bond donors (Lipinski definition) is 1. The molecule has 0 radical (unpaired) electrons. The molecule has 0 spiro atoms. The van der Waals surface area contributed by atoms with Gasteiger partial charge in [0.05, 0.1) is 0 Å². The van der Waals surface area contributed by atoms with Crippen LogP contribution in [-0.4, -0.2) is 42.9 Å². The van der Waals surface area contributed by atoms with Crippen molar-refractivity contribution >= 4 is 24.2 Å². The van der Waals surface area contributed by atoms with E-state index in [9.17, 15) is 9.82 Å². The first-order valence-corrected chi connectivity index (χ1v) is 7.99. The number of aryl methyl sites for hydroxylation is 1. The van der Waals surface area contributed by atoms with Crippen molar-refractivity contribution in [2.24, 2.45) is 0 Å². The molecule has 0 atom stereocenters. The molecule has 2 aliphatic rings. The molecule has 1 N–H and O–H groups in total. The van der Waals surface area contributed by atoms with Crippen molar-refractivity contribution in [3.63, 3.8) is 0 Å². The largest absolute Gasteiger partial charge is 0.437 e. The van der Waals surface area contributed by atoms with Crippen molar-refractivity contribution in [3.8, 4) is 0 Å². The number of rotatable bonds is 2. The molecule has 116 valence electrons. The van der Waals surface area contributed by atoms with Crippen molar-refractivity contribution in [2.75, 3.05) is 25.0 Å². The summed E-state index contributed by atoms with van der Waals surface area (Å²) in [4.78, 5) is 15.8. The molecule has 4 nitrogen and oxygen atoms in total. The molecule has 0 bridgehead atoms. The van der Waals surface area contributed by atoms with Crippen LogP contribution < -0.4 is 4.90 Å². The number of benzene rings is 1. The third-order valence-electron chi connectivity index (χ3n) is 4.91. The maximum absolute atomic E-state index is 12.0. The Morgan fingerprint density at radius 1 is 1.23 bits per heavy atom. The average molecular weight is 298 g/mol. The van der Waals surface area contributed by atoms with Gasteiger partial charge in [0, 0.05) is 25.7 Å². The number of carbonyl (C=O) groups excluding carboxylic acids is 1. The molecular weight excluding hydrogens is 275 g/mol. The van der Waals surface area contributed by atoms with Crippen LogP contribution in [0.4, 0.5) is 5.69 Å². The molecule has 5 heteroatoms. The number of hydrogen-bond acceptors (Lipinski definition) is 3. The van der Waals surface area contributed by atoms with Gasteiger partial charge in [-0.3, -0.25) is 4.79 Å². The lowest BCUT2D eigenvalue weighted by Crippen LogP contribution is -2.39. The van der Waals surface area contributed by atoms with Gasteiger partial charge in [-0.05, 0) is 61.5 Å². The van der Waals surface area contributed by atoms with Gasteiger partial charge in [0.1, 0.15) is 0 Å². The minimum absolute atomic E-state index is 0.196. The van der Waals surface area contributed by atoms with E-state index in [-0.39, 0.29) is 5.91 Å². The van der Waals surface area contributed by atoms with Gasteiger partial charge in [0.15, 0.2) is 0 Å². The van der Waals surface area contributed by atoms with Gasteiger partial charge in [-0.2, -0.15) is 0 Å². The predicted octanol–water partition coefficient (Wildman–Crippen LogP) is 2.10. The number of fused-ring (bicyclic) bond motifs is 1. The average Bonchev–Trinajstić information content (AvgIpc) is 2.51. The number of amides is 1. The monoisotopic (exact) mass is 298 g/mol. The summed E-state index contributed by atoms with van der Waals surface area (Å²) in [7, 11) is 1.47. The van der Waals surface area contributed by atoms with Crippen LogP contribution in [0.5, 0.6) is 0 Å². The van der Waals surface area contributed by atoms with Crippen LogP contribution >= 0.6 is 0 Å². The molecule has 2 aliphatic heterocycles. The summed E-state index contributed by atoms with van der Waals surface area (Å²) in [5, 5.41) is 9.65. The van der Waals surface area contributed by atoms with Crippen LogP contribution in [0.3, 0.4) is 0 Å². The molecule has 0 unspecified atom stereocenters. The number of anilines is 1. The molecule has 1 amide bonds. The fourth-order valence-corrected chi connectivity index (χ4v) is 3.43. The fourth-order valence-electron chi connectivity index (χ4n) is 3.43. The zero-order valence-corrected chi connectivity index (χ0v) is 13.6. The van der Waals surface area contributed by atoms with E-state index in [2.05, 4.69) is 25.1 Å². The normalized spacial score (nSPS) is 19.0. The smallest absolute Gasteiger partial charge is 0.376 e. The van der Waals surface area contributed by atoms with Gasteiger partial charge in [0.25, 0.3) is 0 Å². The highest BCUT2D eigenvalue weighted by molar-refractivity contribution is 6.45. The van der Waals surface area contributed by atoms with Gasteiger partial charge >= 0.3 is 7.05 Å². The van der Waals surface area contributed by atoms with Crippen LogP contribution in [-0.2, 0) is 11.2 Å². The maximum atomic E-state index is 12.0. The first-order valence-electron chi connectivity index (χ1n) is 7.99. The van der Waals surface area contributed by atoms with Gasteiger partial charge in [-0.15, -0.1) is 0 Å². The van der Waals surface area contributed by atoms with Crippen LogP contribution in [0.2, 0.25) is 6.82 Å². The summed E-state index contributed by atoms with van der Waals surface area (Å²) in [5.74, 6) is 0.196. The summed E-state index contributed by atoms with van der Waals surface area (Å²) in [5.41, 5.74) is 6.15. The molecule has 0 aromatic heterocycles. The van der Waals surface area contributed by atoms with E-state index >= 15 is 0 Å². The van der Waals surface area contributed by atoms with Crippen LogP contribution in [0.1, 0.15) is 29.5 Å². The molecule has 2 heterocycles. The Bertz CT molecular complexity index is 640. The van der Waals surface area contributed by atoms with E-state index in [4.69, 9.17) is 0 Å². The molecule has 22 heavy (non-hydrogen) atoms. The molecule has 0 aliphatic carbocycles. The quantitative estimate of drug-likeness (QED) is 0.850. The second-order valence-electron chi connectivity index (χ2n) is 6.35. The molecule has 0 saturated heterocycles. The Balaban J connectivity index is 1.93. The fraction of sp³-hybridized carbons (Fsp3) is 0.471. The van der Waals surface area contributed by atoms with Crippen molar-refractivity contribution in [1.29, 1.82) is 0 Å². The lowest BCUT2D eigenvalue weighted by molar-refractivity contribution is -0.118. The highest BCUT2D eigenvalue weighted by Crippen LogP contribution is 2.34. The minimum Gasteiger partial charge on any atom is -0.437 e. The predicted molar refractivity (Wildman–Crippen MR) is 90.9 cm³/mol. The van der Waals surface area contributed by atoms with Crippen LogP contribution in [0.25, 0.3) is 5.57 Å². The Morgan fingerprint density at radius 3 is 2.64 bits per heavy atom. The van der Waals surface area contributed by atoms with E-state index in [0.29, 0.717) is 6.42 Å². The van der Waals surface area contributed by atoms with Crippen molar-refractivity contribution in [3.05, 3.63) is 34.9 Å². The van der Waals surface area contributed by atoms with Crippen molar-refractivity contribution in [1.82, 2.24) is 4.81 Å². The first kappa shape index (κ1) is 15.3. The Morgan fingerprint density at radius 2 is 2.00 bits per heavy atom. The van der Waals surface area contributed by atoms with Gasteiger partial charge < -0.3 is 14.7 Å². The van der Waals surface area contributed by atoms with Gasteiger partial charge in [-0.1, -0.05) is 12.1 Å². The SMILES string of the molecule is CB(O)N1CC=C(c2cc(C)c3c(c2)N(C)C(=O)CC3)CC1. The summed E-state index contributed by atoms with van der Waals surface area (Å²) in [6, 6.07) is 4.40. The van der Waals surface area contributed by atoms with E-state index in [1.807, 2.05) is 18.7 Å². The van der Waals surface area contributed by atoms with E-state index in [0.717, 1.165) is 31.6 Å². The number of nitrogens with zero attached hydrogens (tertiary/aromatic N) is 2. The highest BCUT2D eigenvalue weighted by atomic mass is 16.2. The van der Waals surface area contributed by atoms with Crippen molar-refractivity contribution in [2.45, 2.75) is 33.0 Å². The summed E-state index contributed by atoms with van der Waals surface area (Å²) in [6.07, 6.45) is 4.58. The Hall–Kier alpha value is -1.59.